The van der Waals surface area contributed by atoms with Gasteiger partial charge in [-0.15, -0.1) is 0 Å². The molecule has 0 saturated carbocycles. The lowest BCUT2D eigenvalue weighted by Gasteiger charge is -2.40. The monoisotopic (exact) mass is 406 g/mol. The number of aliphatic hydroxyl groups excluding tert-OH is 1. The summed E-state index contributed by atoms with van der Waals surface area (Å²) in [6, 6.07) is 2.03. The van der Waals surface area contributed by atoms with Crippen LogP contribution in [0.4, 0.5) is 0 Å². The molecule has 2 heterocycles. The molecule has 0 spiro atoms. The van der Waals surface area contributed by atoms with Crippen molar-refractivity contribution in [1.82, 2.24) is 9.80 Å². The summed E-state index contributed by atoms with van der Waals surface area (Å²) in [5.74, 6) is -0.726. The van der Waals surface area contributed by atoms with Crippen LogP contribution in [0, 0.1) is 0 Å². The van der Waals surface area contributed by atoms with E-state index in [2.05, 4.69) is 0 Å². The fourth-order valence-electron chi connectivity index (χ4n) is 4.08. The molecule has 2 unspecified atom stereocenters. The number of aliphatic hydroxyl groups is 1. The quantitative estimate of drug-likeness (QED) is 0.494. The first-order valence-electron chi connectivity index (χ1n) is 9.53. The largest absolute Gasteiger partial charge is 0.493 e. The molecule has 2 bridgehead atoms. The minimum atomic E-state index is -0.724. The SMILES string of the molecule is COc1cc(C(=O)C(=O)N2C3CCC2C(=O)N(CCCO)C3)cc(OC)c1OC. The lowest BCUT2D eigenvalue weighted by atomic mass is 10.1. The Balaban J connectivity index is 1.84. The van der Waals surface area contributed by atoms with Gasteiger partial charge in [0.05, 0.1) is 27.4 Å². The first-order valence-corrected chi connectivity index (χ1v) is 9.53. The number of methoxy groups -OCH3 is 3. The molecule has 1 aromatic carbocycles. The second-order valence-electron chi connectivity index (χ2n) is 7.06. The molecular formula is C20H26N2O7. The number of rotatable bonds is 8. The van der Waals surface area contributed by atoms with Gasteiger partial charge in [-0.3, -0.25) is 14.4 Å². The molecule has 2 saturated heterocycles. The van der Waals surface area contributed by atoms with E-state index in [0.29, 0.717) is 38.1 Å². The first kappa shape index (κ1) is 20.9. The maximum absolute atomic E-state index is 13.0. The molecule has 158 valence electrons. The van der Waals surface area contributed by atoms with Crippen molar-refractivity contribution >= 4 is 17.6 Å². The van der Waals surface area contributed by atoms with E-state index < -0.39 is 17.7 Å². The zero-order chi connectivity index (χ0) is 21.1. The van der Waals surface area contributed by atoms with Crippen molar-refractivity contribution in [2.45, 2.75) is 31.3 Å². The van der Waals surface area contributed by atoms with Crippen LogP contribution < -0.4 is 14.2 Å². The summed E-state index contributed by atoms with van der Waals surface area (Å²) in [6.07, 6.45) is 1.69. The van der Waals surface area contributed by atoms with E-state index in [-0.39, 0.29) is 35.6 Å². The zero-order valence-corrected chi connectivity index (χ0v) is 16.8. The maximum atomic E-state index is 13.0. The van der Waals surface area contributed by atoms with Crippen LogP contribution in [-0.4, -0.2) is 85.6 Å². The number of ketones is 1. The number of likely N-dealkylation sites (tertiary alicyclic amines) is 1. The molecule has 0 aromatic heterocycles. The van der Waals surface area contributed by atoms with Crippen LogP contribution in [0.25, 0.3) is 0 Å². The number of ether oxygens (including phenoxy) is 3. The summed E-state index contributed by atoms with van der Waals surface area (Å²) in [4.78, 5) is 41.8. The second-order valence-corrected chi connectivity index (χ2v) is 7.06. The maximum Gasteiger partial charge on any atom is 0.295 e. The van der Waals surface area contributed by atoms with Gasteiger partial charge in [-0.2, -0.15) is 0 Å². The number of hydrogen-bond acceptors (Lipinski definition) is 7. The third-order valence-electron chi connectivity index (χ3n) is 5.47. The number of hydrogen-bond donors (Lipinski definition) is 1. The second kappa shape index (κ2) is 8.69. The summed E-state index contributed by atoms with van der Waals surface area (Å²) in [6.45, 7) is 0.830. The van der Waals surface area contributed by atoms with Crippen LogP contribution >= 0.6 is 0 Å². The molecule has 0 aliphatic carbocycles. The lowest BCUT2D eigenvalue weighted by molar-refractivity contribution is -0.149. The van der Waals surface area contributed by atoms with Gasteiger partial charge in [-0.25, -0.2) is 0 Å². The van der Waals surface area contributed by atoms with E-state index in [4.69, 9.17) is 19.3 Å². The first-order chi connectivity index (χ1) is 14.0. The predicted molar refractivity (Wildman–Crippen MR) is 102 cm³/mol. The molecular weight excluding hydrogens is 380 g/mol. The van der Waals surface area contributed by atoms with E-state index in [9.17, 15) is 14.4 Å². The predicted octanol–water partition coefficient (Wildman–Crippen LogP) is 0.479. The standard InChI is InChI=1S/C20H26N2O7/c1-27-15-9-12(10-16(28-2)18(15)29-3)17(24)20(26)22-13-5-6-14(22)19(25)21(11-13)7-4-8-23/h9-10,13-14,23H,4-8,11H2,1-3H3. The molecule has 1 aromatic rings. The number of fused-ring (bicyclic) bond motifs is 2. The summed E-state index contributed by atoms with van der Waals surface area (Å²) in [5, 5.41) is 9.02. The fraction of sp³-hybridized carbons (Fsp3) is 0.550. The normalized spacial score (nSPS) is 20.6. The Bertz CT molecular complexity index is 785. The van der Waals surface area contributed by atoms with E-state index in [1.807, 2.05) is 0 Å². The highest BCUT2D eigenvalue weighted by atomic mass is 16.5. The van der Waals surface area contributed by atoms with Crippen molar-refractivity contribution in [2.75, 3.05) is 41.0 Å². The van der Waals surface area contributed by atoms with E-state index in [1.54, 1.807) is 4.90 Å². The molecule has 3 rings (SSSR count). The highest BCUT2D eigenvalue weighted by molar-refractivity contribution is 6.43. The van der Waals surface area contributed by atoms with E-state index in [1.165, 1.54) is 38.4 Å². The van der Waals surface area contributed by atoms with Crippen molar-refractivity contribution in [1.29, 1.82) is 0 Å². The number of piperazine rings is 1. The van der Waals surface area contributed by atoms with Gasteiger partial charge in [-0.05, 0) is 31.4 Å². The number of amides is 2. The summed E-state index contributed by atoms with van der Waals surface area (Å²) >= 11 is 0. The molecule has 2 amide bonds. The molecule has 2 aliphatic heterocycles. The molecule has 29 heavy (non-hydrogen) atoms. The number of benzene rings is 1. The van der Waals surface area contributed by atoms with Crippen molar-refractivity contribution in [2.24, 2.45) is 0 Å². The third-order valence-corrected chi connectivity index (χ3v) is 5.47. The molecule has 2 atom stereocenters. The van der Waals surface area contributed by atoms with Gasteiger partial charge in [0.1, 0.15) is 6.04 Å². The van der Waals surface area contributed by atoms with Crippen LogP contribution in [0.2, 0.25) is 0 Å². The Morgan fingerprint density at radius 1 is 1.10 bits per heavy atom. The number of carbonyl (C=O) groups excluding carboxylic acids is 3. The van der Waals surface area contributed by atoms with Crippen molar-refractivity contribution < 1.29 is 33.7 Å². The smallest absolute Gasteiger partial charge is 0.295 e. The third kappa shape index (κ3) is 3.74. The topological polar surface area (TPSA) is 106 Å². The number of carbonyl (C=O) groups is 3. The van der Waals surface area contributed by atoms with Crippen LogP contribution in [0.5, 0.6) is 17.2 Å². The van der Waals surface area contributed by atoms with Crippen LogP contribution in [0.3, 0.4) is 0 Å². The molecule has 2 fully saturated rings. The van der Waals surface area contributed by atoms with Crippen LogP contribution in [0.15, 0.2) is 12.1 Å². The van der Waals surface area contributed by atoms with Gasteiger partial charge in [0, 0.05) is 25.3 Å². The molecule has 1 N–H and O–H groups in total. The van der Waals surface area contributed by atoms with Gasteiger partial charge in [0.15, 0.2) is 11.5 Å². The highest BCUT2D eigenvalue weighted by Gasteiger charge is 2.49. The molecule has 0 radical (unpaired) electrons. The van der Waals surface area contributed by atoms with Gasteiger partial charge in [0.25, 0.3) is 11.7 Å². The zero-order valence-electron chi connectivity index (χ0n) is 16.8. The Morgan fingerprint density at radius 2 is 1.76 bits per heavy atom. The summed E-state index contributed by atoms with van der Waals surface area (Å²) in [7, 11) is 4.31. The Labute approximate surface area is 169 Å². The Morgan fingerprint density at radius 3 is 2.31 bits per heavy atom. The van der Waals surface area contributed by atoms with E-state index >= 15 is 0 Å². The van der Waals surface area contributed by atoms with Gasteiger partial charge < -0.3 is 29.1 Å². The van der Waals surface area contributed by atoms with Crippen LogP contribution in [-0.2, 0) is 9.59 Å². The Kier molecular flexibility index (Phi) is 6.26. The number of Topliss-reactive ketones (excluding diaryl/α,β-unsaturated/α-hetero) is 1. The highest BCUT2D eigenvalue weighted by Crippen LogP contribution is 2.39. The summed E-state index contributed by atoms with van der Waals surface area (Å²) in [5.41, 5.74) is 0.110. The van der Waals surface area contributed by atoms with Gasteiger partial charge in [0.2, 0.25) is 11.7 Å². The van der Waals surface area contributed by atoms with E-state index in [0.717, 1.165) is 0 Å². The lowest BCUT2D eigenvalue weighted by Crippen LogP contribution is -2.60. The molecule has 2 aliphatic rings. The van der Waals surface area contributed by atoms with Crippen molar-refractivity contribution in [3.8, 4) is 17.2 Å². The Hall–Kier alpha value is -2.81. The fourth-order valence-corrected chi connectivity index (χ4v) is 4.08. The van der Waals surface area contributed by atoms with Crippen molar-refractivity contribution in [3.63, 3.8) is 0 Å². The average molecular weight is 406 g/mol. The van der Waals surface area contributed by atoms with Crippen molar-refractivity contribution in [3.05, 3.63) is 17.7 Å². The average Bonchev–Trinajstić information content (AvgIpc) is 3.09. The molecule has 9 nitrogen and oxygen atoms in total. The minimum absolute atomic E-state index is 0.00137. The molecule has 9 heteroatoms. The van der Waals surface area contributed by atoms with Crippen LogP contribution in [0.1, 0.15) is 29.6 Å². The summed E-state index contributed by atoms with van der Waals surface area (Å²) < 4.78 is 15.8. The van der Waals surface area contributed by atoms with Gasteiger partial charge in [-0.1, -0.05) is 0 Å². The van der Waals surface area contributed by atoms with Gasteiger partial charge >= 0.3 is 0 Å². The number of nitrogens with zero attached hydrogens (tertiary/aromatic N) is 2. The minimum Gasteiger partial charge on any atom is -0.493 e.